The molecule has 4 aromatic rings. The number of nitrogens with zero attached hydrogens (tertiary/aromatic N) is 2. The average Bonchev–Trinajstić information content (AvgIpc) is 3.23. The number of ether oxygens (including phenoxy) is 1. The lowest BCUT2D eigenvalue weighted by atomic mass is 9.96. The maximum atomic E-state index is 14.8. The smallest absolute Gasteiger partial charge is 0.305 e. The monoisotopic (exact) mass is 462 g/mol. The van der Waals surface area contributed by atoms with Gasteiger partial charge in [-0.25, -0.2) is 14.4 Å². The quantitative estimate of drug-likeness (QED) is 0.308. The Morgan fingerprint density at radius 1 is 1.15 bits per heavy atom. The lowest BCUT2D eigenvalue weighted by Gasteiger charge is -2.12. The van der Waals surface area contributed by atoms with Crippen molar-refractivity contribution < 1.29 is 23.4 Å². The third-order valence-corrected chi connectivity index (χ3v) is 5.84. The minimum absolute atomic E-state index is 0.0340. The number of aliphatic carboxylic acids is 1. The Balaban J connectivity index is 1.76. The van der Waals surface area contributed by atoms with Gasteiger partial charge in [0.15, 0.2) is 0 Å². The number of aromatic nitrogens is 2. The predicted molar refractivity (Wildman–Crippen MR) is 128 cm³/mol. The first-order valence-corrected chi connectivity index (χ1v) is 11.4. The van der Waals surface area contributed by atoms with Gasteiger partial charge in [-0.05, 0) is 49.4 Å². The van der Waals surface area contributed by atoms with Gasteiger partial charge in [-0.2, -0.15) is 0 Å². The first kappa shape index (κ1) is 23.6. The fourth-order valence-corrected chi connectivity index (χ4v) is 3.97. The lowest BCUT2D eigenvalue weighted by Crippen LogP contribution is -2.13. The van der Waals surface area contributed by atoms with Crippen LogP contribution in [0, 0.1) is 5.82 Å². The summed E-state index contributed by atoms with van der Waals surface area (Å²) in [4.78, 5) is 19.6. The Morgan fingerprint density at radius 2 is 1.91 bits per heavy atom. The summed E-state index contributed by atoms with van der Waals surface area (Å²) >= 11 is 0. The topological polar surface area (TPSA) is 85.5 Å². The van der Waals surface area contributed by atoms with E-state index in [0.29, 0.717) is 29.9 Å². The fourth-order valence-electron chi connectivity index (χ4n) is 3.97. The van der Waals surface area contributed by atoms with Crippen molar-refractivity contribution in [2.75, 3.05) is 6.61 Å². The highest BCUT2D eigenvalue weighted by Gasteiger charge is 2.24. The van der Waals surface area contributed by atoms with Gasteiger partial charge in [0.1, 0.15) is 17.9 Å². The van der Waals surface area contributed by atoms with E-state index in [1.807, 2.05) is 19.1 Å². The third-order valence-electron chi connectivity index (χ3n) is 5.84. The molecule has 7 heteroatoms. The van der Waals surface area contributed by atoms with Crippen molar-refractivity contribution in [2.24, 2.45) is 0 Å². The molecule has 0 radical (unpaired) electrons. The molecule has 34 heavy (non-hydrogen) atoms. The molecule has 0 saturated carbocycles. The molecule has 176 valence electrons. The van der Waals surface area contributed by atoms with Gasteiger partial charge >= 0.3 is 5.97 Å². The van der Waals surface area contributed by atoms with E-state index in [9.17, 15) is 9.18 Å². The van der Waals surface area contributed by atoms with Crippen LogP contribution in [0.1, 0.15) is 37.9 Å². The predicted octanol–water partition coefficient (Wildman–Crippen LogP) is 6.07. The van der Waals surface area contributed by atoms with Gasteiger partial charge in [-0.3, -0.25) is 4.79 Å². The van der Waals surface area contributed by atoms with Gasteiger partial charge in [-0.1, -0.05) is 43.3 Å². The van der Waals surface area contributed by atoms with Crippen molar-refractivity contribution in [1.82, 2.24) is 9.97 Å². The molecular weight excluding hydrogens is 435 g/mol. The maximum Gasteiger partial charge on any atom is 0.305 e. The molecule has 0 aliphatic rings. The van der Waals surface area contributed by atoms with Crippen molar-refractivity contribution in [3.63, 3.8) is 0 Å². The van der Waals surface area contributed by atoms with E-state index in [4.69, 9.17) is 14.3 Å². The standard InChI is InChI=1S/C27H27FN2O4/c1-3-18-9-11-19(12-10-18)24-25-22(13-8-17(2)33-15-14-23(31)32)29-16-30-27(25)34-26(24)20-6-4-5-7-21(20)28/h4-7,9-12,16-17H,3,8,13-15H2,1-2H3,(H,31,32)/t17-/m0/s1. The number of rotatable bonds is 10. The van der Waals surface area contributed by atoms with Crippen molar-refractivity contribution in [3.8, 4) is 22.5 Å². The maximum absolute atomic E-state index is 14.8. The van der Waals surface area contributed by atoms with Crippen LogP contribution in [-0.2, 0) is 22.4 Å². The summed E-state index contributed by atoms with van der Waals surface area (Å²) in [5.74, 6) is -0.838. The number of fused-ring (bicyclic) bond motifs is 1. The minimum atomic E-state index is -0.887. The molecule has 2 aromatic heterocycles. The van der Waals surface area contributed by atoms with Gasteiger partial charge < -0.3 is 14.3 Å². The Labute approximate surface area is 197 Å². The van der Waals surface area contributed by atoms with Crippen LogP contribution in [-0.4, -0.2) is 33.8 Å². The number of carboxylic acid groups (broad SMARTS) is 1. The molecule has 4 rings (SSSR count). The summed E-state index contributed by atoms with van der Waals surface area (Å²) in [6.07, 6.45) is 3.40. The molecule has 0 aliphatic heterocycles. The summed E-state index contributed by atoms with van der Waals surface area (Å²) in [5.41, 5.74) is 4.41. The van der Waals surface area contributed by atoms with E-state index in [1.165, 1.54) is 18.0 Å². The van der Waals surface area contributed by atoms with Crippen LogP contribution in [0.3, 0.4) is 0 Å². The Kier molecular flexibility index (Phi) is 7.33. The fraction of sp³-hybridized carbons (Fsp3) is 0.296. The van der Waals surface area contributed by atoms with E-state index in [2.05, 4.69) is 29.0 Å². The van der Waals surface area contributed by atoms with Crippen LogP contribution >= 0.6 is 0 Å². The number of furan rings is 1. The van der Waals surface area contributed by atoms with E-state index < -0.39 is 5.97 Å². The van der Waals surface area contributed by atoms with Gasteiger partial charge in [0.2, 0.25) is 5.71 Å². The molecule has 6 nitrogen and oxygen atoms in total. The van der Waals surface area contributed by atoms with Gasteiger partial charge in [-0.15, -0.1) is 0 Å². The van der Waals surface area contributed by atoms with Crippen LogP contribution in [0.2, 0.25) is 0 Å². The SMILES string of the molecule is CCc1ccc(-c2c(-c3ccccc3F)oc3ncnc(CC[C@H](C)OCCC(=O)O)c23)cc1. The van der Waals surface area contributed by atoms with Gasteiger partial charge in [0.25, 0.3) is 0 Å². The number of hydrogen-bond donors (Lipinski definition) is 1. The molecule has 0 aliphatic carbocycles. The molecule has 0 amide bonds. The van der Waals surface area contributed by atoms with Crippen LogP contribution in [0.15, 0.2) is 59.3 Å². The van der Waals surface area contributed by atoms with Crippen LogP contribution in [0.4, 0.5) is 4.39 Å². The Morgan fingerprint density at radius 3 is 2.62 bits per heavy atom. The summed E-state index contributed by atoms with van der Waals surface area (Å²) in [5, 5.41) is 9.56. The zero-order valence-corrected chi connectivity index (χ0v) is 19.3. The number of halogens is 1. The van der Waals surface area contributed by atoms with Crippen LogP contribution < -0.4 is 0 Å². The molecule has 1 atom stereocenters. The van der Waals surface area contributed by atoms with Crippen LogP contribution in [0.25, 0.3) is 33.6 Å². The van der Waals surface area contributed by atoms with Crippen LogP contribution in [0.5, 0.6) is 0 Å². The summed E-state index contributed by atoms with van der Waals surface area (Å²) in [6.45, 7) is 4.16. The van der Waals surface area contributed by atoms with Crippen molar-refractivity contribution in [3.05, 3.63) is 71.9 Å². The normalized spacial score (nSPS) is 12.2. The largest absolute Gasteiger partial charge is 0.481 e. The molecule has 2 heterocycles. The number of benzene rings is 2. The third kappa shape index (κ3) is 5.15. The van der Waals surface area contributed by atoms with E-state index in [-0.39, 0.29) is 24.9 Å². The number of carboxylic acids is 1. The number of aryl methyl sites for hydroxylation is 2. The minimum Gasteiger partial charge on any atom is -0.481 e. The van der Waals surface area contributed by atoms with Crippen molar-refractivity contribution in [1.29, 1.82) is 0 Å². The number of carbonyl (C=O) groups is 1. The zero-order valence-electron chi connectivity index (χ0n) is 19.3. The van der Waals surface area contributed by atoms with E-state index in [1.54, 1.807) is 18.2 Å². The molecule has 0 saturated heterocycles. The second kappa shape index (κ2) is 10.6. The lowest BCUT2D eigenvalue weighted by molar-refractivity contribution is -0.138. The average molecular weight is 463 g/mol. The second-order valence-corrected chi connectivity index (χ2v) is 8.20. The molecule has 0 unspecified atom stereocenters. The first-order valence-electron chi connectivity index (χ1n) is 11.4. The summed E-state index contributed by atoms with van der Waals surface area (Å²) in [7, 11) is 0. The van der Waals surface area contributed by atoms with Crippen molar-refractivity contribution >= 4 is 17.1 Å². The second-order valence-electron chi connectivity index (χ2n) is 8.20. The molecule has 2 aromatic carbocycles. The highest BCUT2D eigenvalue weighted by Crippen LogP contribution is 2.42. The molecule has 0 fully saturated rings. The number of hydrogen-bond acceptors (Lipinski definition) is 5. The van der Waals surface area contributed by atoms with E-state index in [0.717, 1.165) is 28.6 Å². The zero-order chi connectivity index (χ0) is 24.1. The van der Waals surface area contributed by atoms with Gasteiger partial charge in [0, 0.05) is 5.56 Å². The molecule has 0 spiro atoms. The Bertz CT molecular complexity index is 1280. The van der Waals surface area contributed by atoms with Gasteiger partial charge in [0.05, 0.1) is 35.8 Å². The highest BCUT2D eigenvalue weighted by atomic mass is 19.1. The molecule has 1 N–H and O–H groups in total. The summed E-state index contributed by atoms with van der Waals surface area (Å²) in [6, 6.07) is 14.7. The van der Waals surface area contributed by atoms with Crippen molar-refractivity contribution in [2.45, 2.75) is 45.6 Å². The van der Waals surface area contributed by atoms with E-state index >= 15 is 0 Å². The summed E-state index contributed by atoms with van der Waals surface area (Å²) < 4.78 is 26.5. The molecule has 0 bridgehead atoms. The first-order chi connectivity index (χ1) is 16.5. The Hall–Kier alpha value is -3.58. The highest BCUT2D eigenvalue weighted by molar-refractivity contribution is 6.01. The molecular formula is C27H27FN2O4.